The molecule has 0 saturated heterocycles. The lowest BCUT2D eigenvalue weighted by Crippen LogP contribution is -2.33. The predicted molar refractivity (Wildman–Crippen MR) is 90.4 cm³/mol. The summed E-state index contributed by atoms with van der Waals surface area (Å²) in [5, 5.41) is 4.06. The molecule has 3 rings (SSSR count). The van der Waals surface area contributed by atoms with Gasteiger partial charge in [0.2, 0.25) is 5.88 Å². The van der Waals surface area contributed by atoms with Gasteiger partial charge in [0.05, 0.1) is 0 Å². The highest BCUT2D eigenvalue weighted by Crippen LogP contribution is 2.25. The van der Waals surface area contributed by atoms with Gasteiger partial charge in [0.25, 0.3) is 5.91 Å². The maximum atomic E-state index is 12.9. The molecule has 1 amide bonds. The molecule has 0 spiro atoms. The number of benzene rings is 1. The number of pyridine rings is 2. The number of anilines is 1. The van der Waals surface area contributed by atoms with Gasteiger partial charge in [-0.2, -0.15) is 8.78 Å². The van der Waals surface area contributed by atoms with Crippen molar-refractivity contribution in [2.24, 2.45) is 0 Å². The van der Waals surface area contributed by atoms with Crippen molar-refractivity contribution < 1.29 is 27.1 Å². The second-order valence-electron chi connectivity index (χ2n) is 5.59. The number of amides is 1. The van der Waals surface area contributed by atoms with E-state index in [4.69, 9.17) is 0 Å². The zero-order chi connectivity index (χ0) is 19.4. The summed E-state index contributed by atoms with van der Waals surface area (Å²) >= 11 is 0. The lowest BCUT2D eigenvalue weighted by molar-refractivity contribution is -0.148. The van der Waals surface area contributed by atoms with Gasteiger partial charge in [0, 0.05) is 41.3 Å². The van der Waals surface area contributed by atoms with E-state index in [1.54, 1.807) is 36.7 Å². The summed E-state index contributed by atoms with van der Waals surface area (Å²) in [5.74, 6) is -5.05. The number of hydrogen-bond donors (Lipinski definition) is 1. The number of aromatic nitrogens is 2. The molecule has 140 valence electrons. The third-order valence-electron chi connectivity index (χ3n) is 3.65. The lowest BCUT2D eigenvalue weighted by Gasteiger charge is -2.15. The molecule has 2 aromatic heterocycles. The largest absolute Gasteiger partial charge is 0.471 e. The first-order valence-electron chi connectivity index (χ1n) is 7.76. The van der Waals surface area contributed by atoms with E-state index < -0.39 is 24.9 Å². The van der Waals surface area contributed by atoms with E-state index in [1.165, 1.54) is 18.3 Å². The number of nitrogens with zero attached hydrogens (tertiary/aromatic N) is 2. The number of carbonyl (C=O) groups excluding carboxylic acids is 1. The summed E-state index contributed by atoms with van der Waals surface area (Å²) in [6.07, 6.45) is 0.536. The molecule has 0 aliphatic heterocycles. The Morgan fingerprint density at radius 3 is 2.78 bits per heavy atom. The number of rotatable bonds is 6. The van der Waals surface area contributed by atoms with Crippen molar-refractivity contribution in [2.45, 2.75) is 12.3 Å². The Hall–Kier alpha value is -3.23. The standard InChI is InChI=1S/C18H13F4N3O2/c19-17(20)18(21,22)10-27-15-8-12(4-7-24-15)25-16(26)14-3-1-2-11-9-23-6-5-13(11)14/h1-9,17H,10H2,(H,24,25,26). The molecule has 2 heterocycles. The van der Waals surface area contributed by atoms with Gasteiger partial charge in [-0.05, 0) is 23.6 Å². The van der Waals surface area contributed by atoms with Gasteiger partial charge in [-0.3, -0.25) is 9.78 Å². The lowest BCUT2D eigenvalue weighted by atomic mass is 10.1. The zero-order valence-corrected chi connectivity index (χ0v) is 13.7. The number of halogens is 4. The first kappa shape index (κ1) is 18.6. The fourth-order valence-corrected chi connectivity index (χ4v) is 2.32. The highest BCUT2D eigenvalue weighted by atomic mass is 19.3. The van der Waals surface area contributed by atoms with E-state index in [0.717, 1.165) is 5.39 Å². The van der Waals surface area contributed by atoms with Crippen molar-refractivity contribution in [2.75, 3.05) is 11.9 Å². The van der Waals surface area contributed by atoms with Crippen LogP contribution in [0.4, 0.5) is 23.2 Å². The van der Waals surface area contributed by atoms with Crippen molar-refractivity contribution in [1.82, 2.24) is 9.97 Å². The van der Waals surface area contributed by atoms with Crippen LogP contribution in [-0.4, -0.2) is 34.8 Å². The summed E-state index contributed by atoms with van der Waals surface area (Å²) in [5.41, 5.74) is 0.606. The molecule has 0 radical (unpaired) electrons. The van der Waals surface area contributed by atoms with Crippen molar-refractivity contribution in [1.29, 1.82) is 0 Å². The third kappa shape index (κ3) is 4.30. The van der Waals surface area contributed by atoms with Crippen LogP contribution in [0.5, 0.6) is 5.88 Å². The van der Waals surface area contributed by atoms with Gasteiger partial charge in [-0.25, -0.2) is 13.8 Å². The van der Waals surface area contributed by atoms with Crippen molar-refractivity contribution in [3.8, 4) is 5.88 Å². The summed E-state index contributed by atoms with van der Waals surface area (Å²) < 4.78 is 54.8. The number of carbonyl (C=O) groups is 1. The van der Waals surface area contributed by atoms with Crippen molar-refractivity contribution >= 4 is 22.4 Å². The van der Waals surface area contributed by atoms with E-state index >= 15 is 0 Å². The Kier molecular flexibility index (Phi) is 5.20. The van der Waals surface area contributed by atoms with Crippen LogP contribution in [0.15, 0.2) is 55.0 Å². The third-order valence-corrected chi connectivity index (χ3v) is 3.65. The molecule has 27 heavy (non-hydrogen) atoms. The van der Waals surface area contributed by atoms with Gasteiger partial charge in [0.1, 0.15) is 0 Å². The molecule has 0 aliphatic carbocycles. The quantitative estimate of drug-likeness (QED) is 0.653. The van der Waals surface area contributed by atoms with Crippen LogP contribution in [-0.2, 0) is 0 Å². The van der Waals surface area contributed by atoms with E-state index in [9.17, 15) is 22.4 Å². The number of nitrogens with one attached hydrogen (secondary N) is 1. The molecule has 1 aromatic carbocycles. The number of hydrogen-bond acceptors (Lipinski definition) is 4. The van der Waals surface area contributed by atoms with Gasteiger partial charge in [0.15, 0.2) is 6.61 Å². The SMILES string of the molecule is O=C(Nc1ccnc(OCC(F)(F)C(F)F)c1)c1cccc2cnccc12. The molecule has 0 saturated carbocycles. The van der Waals surface area contributed by atoms with E-state index in [-0.39, 0.29) is 11.6 Å². The Morgan fingerprint density at radius 2 is 2.00 bits per heavy atom. The van der Waals surface area contributed by atoms with Crippen LogP contribution < -0.4 is 10.1 Å². The smallest absolute Gasteiger partial charge is 0.340 e. The molecule has 9 heteroatoms. The maximum absolute atomic E-state index is 12.9. The molecule has 0 bridgehead atoms. The maximum Gasteiger partial charge on any atom is 0.340 e. The molecule has 0 atom stereocenters. The predicted octanol–water partition coefficient (Wildman–Crippen LogP) is 4.16. The minimum Gasteiger partial charge on any atom is -0.471 e. The molecule has 5 nitrogen and oxygen atoms in total. The summed E-state index contributed by atoms with van der Waals surface area (Å²) in [7, 11) is 0. The number of fused-ring (bicyclic) bond motifs is 1. The van der Waals surface area contributed by atoms with Crippen LogP contribution in [0, 0.1) is 0 Å². The van der Waals surface area contributed by atoms with Crippen LogP contribution in [0.2, 0.25) is 0 Å². The Balaban J connectivity index is 1.75. The van der Waals surface area contributed by atoms with Gasteiger partial charge < -0.3 is 10.1 Å². The first-order chi connectivity index (χ1) is 12.9. The van der Waals surface area contributed by atoms with Gasteiger partial charge in [-0.15, -0.1) is 0 Å². The Labute approximate surface area is 151 Å². The topological polar surface area (TPSA) is 64.1 Å². The van der Waals surface area contributed by atoms with Crippen LogP contribution >= 0.6 is 0 Å². The van der Waals surface area contributed by atoms with Gasteiger partial charge in [-0.1, -0.05) is 12.1 Å². The monoisotopic (exact) mass is 379 g/mol. The van der Waals surface area contributed by atoms with E-state index in [0.29, 0.717) is 10.9 Å². The molecular weight excluding hydrogens is 366 g/mol. The van der Waals surface area contributed by atoms with Crippen LogP contribution in [0.1, 0.15) is 10.4 Å². The van der Waals surface area contributed by atoms with E-state index in [1.807, 2.05) is 0 Å². The fraction of sp³-hybridized carbons (Fsp3) is 0.167. The number of ether oxygens (including phenoxy) is 1. The normalized spacial score (nSPS) is 11.6. The summed E-state index contributed by atoms with van der Waals surface area (Å²) in [4.78, 5) is 20.2. The Morgan fingerprint density at radius 1 is 1.19 bits per heavy atom. The summed E-state index contributed by atoms with van der Waals surface area (Å²) in [6, 6.07) is 9.42. The van der Waals surface area contributed by atoms with Crippen LogP contribution in [0.25, 0.3) is 10.8 Å². The molecule has 0 aliphatic rings. The van der Waals surface area contributed by atoms with Crippen molar-refractivity contribution in [3.05, 3.63) is 60.6 Å². The average molecular weight is 379 g/mol. The second kappa shape index (κ2) is 7.56. The van der Waals surface area contributed by atoms with Crippen LogP contribution in [0.3, 0.4) is 0 Å². The van der Waals surface area contributed by atoms with Gasteiger partial charge >= 0.3 is 12.3 Å². The molecular formula is C18H13F4N3O2. The zero-order valence-electron chi connectivity index (χ0n) is 13.7. The molecule has 3 aromatic rings. The highest BCUT2D eigenvalue weighted by Gasteiger charge is 2.41. The molecule has 0 unspecified atom stereocenters. The number of alkyl halides is 4. The second-order valence-corrected chi connectivity index (χ2v) is 5.59. The molecule has 0 fully saturated rings. The average Bonchev–Trinajstić information content (AvgIpc) is 2.66. The highest BCUT2D eigenvalue weighted by molar-refractivity contribution is 6.12. The van der Waals surface area contributed by atoms with Crippen molar-refractivity contribution in [3.63, 3.8) is 0 Å². The Bertz CT molecular complexity index is 961. The minimum atomic E-state index is -4.29. The minimum absolute atomic E-state index is 0.219. The van der Waals surface area contributed by atoms with E-state index in [2.05, 4.69) is 20.0 Å². The fourth-order valence-electron chi connectivity index (χ4n) is 2.32. The summed E-state index contributed by atoms with van der Waals surface area (Å²) in [6.45, 7) is -1.52. The molecule has 1 N–H and O–H groups in total. The first-order valence-corrected chi connectivity index (χ1v) is 7.76.